The van der Waals surface area contributed by atoms with Crippen LogP contribution in [0.5, 0.6) is 11.5 Å². The van der Waals surface area contributed by atoms with Crippen molar-refractivity contribution in [1.82, 2.24) is 9.88 Å². The maximum atomic E-state index is 13.1. The number of hydrogen-bond donors (Lipinski definition) is 0. The van der Waals surface area contributed by atoms with Crippen LogP contribution in [0, 0.1) is 0 Å². The summed E-state index contributed by atoms with van der Waals surface area (Å²) in [6, 6.07) is 12.7. The number of halogens is 2. The Bertz CT molecular complexity index is 978. The van der Waals surface area contributed by atoms with E-state index in [1.807, 2.05) is 18.2 Å². The molecular formula is C22H27Cl2N3O3S. The Labute approximate surface area is 198 Å². The first-order valence-electron chi connectivity index (χ1n) is 9.90. The normalized spacial score (nSPS) is 10.7. The van der Waals surface area contributed by atoms with Gasteiger partial charge < -0.3 is 14.4 Å². The molecule has 0 unspecified atom stereocenters. The number of likely N-dealkylation sites (N-methyl/N-ethyl adjacent to an activating group) is 1. The molecule has 1 aromatic heterocycles. The quantitative estimate of drug-likeness (QED) is 0.399. The summed E-state index contributed by atoms with van der Waals surface area (Å²) < 4.78 is 12.1. The van der Waals surface area contributed by atoms with Gasteiger partial charge in [-0.2, -0.15) is 0 Å². The molecule has 0 saturated heterocycles. The lowest BCUT2D eigenvalue weighted by atomic mass is 10.3. The Kier molecular flexibility index (Phi) is 9.84. The van der Waals surface area contributed by atoms with Crippen LogP contribution in [0.2, 0.25) is 5.02 Å². The number of nitrogens with zero attached hydrogens (tertiary/aromatic N) is 3. The van der Waals surface area contributed by atoms with Crippen LogP contribution in [0.15, 0.2) is 42.5 Å². The average Bonchev–Trinajstić information content (AvgIpc) is 3.20. The van der Waals surface area contributed by atoms with Crippen molar-refractivity contribution < 1.29 is 14.3 Å². The summed E-state index contributed by atoms with van der Waals surface area (Å²) in [6.07, 6.45) is 0. The SMILES string of the molecule is CCN(CC)CCN(C(=O)COc1ccc(Cl)cc1)c1nc2c(OC)cccc2s1.Cl. The van der Waals surface area contributed by atoms with E-state index in [9.17, 15) is 4.79 Å². The summed E-state index contributed by atoms with van der Waals surface area (Å²) in [7, 11) is 1.62. The fourth-order valence-electron chi connectivity index (χ4n) is 3.05. The van der Waals surface area contributed by atoms with Gasteiger partial charge in [0.15, 0.2) is 11.7 Å². The first-order valence-corrected chi connectivity index (χ1v) is 11.1. The van der Waals surface area contributed by atoms with Crippen molar-refractivity contribution in [3.05, 3.63) is 47.5 Å². The highest BCUT2D eigenvalue weighted by Gasteiger charge is 2.22. The van der Waals surface area contributed by atoms with Crippen molar-refractivity contribution in [3.63, 3.8) is 0 Å². The molecule has 0 aliphatic rings. The predicted molar refractivity (Wildman–Crippen MR) is 131 cm³/mol. The molecule has 0 fully saturated rings. The summed E-state index contributed by atoms with van der Waals surface area (Å²) in [5.74, 6) is 1.15. The third-order valence-electron chi connectivity index (χ3n) is 4.83. The van der Waals surface area contributed by atoms with Crippen molar-refractivity contribution in [1.29, 1.82) is 0 Å². The van der Waals surface area contributed by atoms with Crippen LogP contribution >= 0.6 is 35.3 Å². The fourth-order valence-corrected chi connectivity index (χ4v) is 4.21. The van der Waals surface area contributed by atoms with E-state index in [4.69, 9.17) is 26.1 Å². The smallest absolute Gasteiger partial charge is 0.266 e. The lowest BCUT2D eigenvalue weighted by molar-refractivity contribution is -0.120. The maximum absolute atomic E-state index is 13.1. The molecule has 1 amide bonds. The number of rotatable bonds is 10. The Morgan fingerprint density at radius 3 is 2.45 bits per heavy atom. The summed E-state index contributed by atoms with van der Waals surface area (Å²) >= 11 is 7.39. The summed E-state index contributed by atoms with van der Waals surface area (Å²) in [5, 5.41) is 1.27. The second kappa shape index (κ2) is 12.1. The van der Waals surface area contributed by atoms with Gasteiger partial charge in [0.25, 0.3) is 5.91 Å². The highest BCUT2D eigenvalue weighted by Crippen LogP contribution is 2.34. The second-order valence-electron chi connectivity index (χ2n) is 6.62. The molecule has 6 nitrogen and oxygen atoms in total. The van der Waals surface area contributed by atoms with E-state index in [0.29, 0.717) is 28.2 Å². The number of hydrogen-bond acceptors (Lipinski definition) is 6. The van der Waals surface area contributed by atoms with Gasteiger partial charge in [0, 0.05) is 18.1 Å². The third kappa shape index (κ3) is 6.46. The molecule has 0 bridgehead atoms. The number of thiazole rings is 1. The van der Waals surface area contributed by atoms with Gasteiger partial charge in [-0.25, -0.2) is 4.98 Å². The number of aromatic nitrogens is 1. The Morgan fingerprint density at radius 1 is 1.10 bits per heavy atom. The Balaban J connectivity index is 0.00000341. The molecular weight excluding hydrogens is 457 g/mol. The van der Waals surface area contributed by atoms with E-state index in [0.717, 1.165) is 29.9 Å². The van der Waals surface area contributed by atoms with Crippen LogP contribution in [0.3, 0.4) is 0 Å². The zero-order valence-corrected chi connectivity index (χ0v) is 20.2. The van der Waals surface area contributed by atoms with Gasteiger partial charge in [0.2, 0.25) is 0 Å². The molecule has 0 aliphatic carbocycles. The van der Waals surface area contributed by atoms with Crippen molar-refractivity contribution in [3.8, 4) is 11.5 Å². The van der Waals surface area contributed by atoms with Crippen LogP contribution in [0.4, 0.5) is 5.13 Å². The largest absolute Gasteiger partial charge is 0.494 e. The summed E-state index contributed by atoms with van der Waals surface area (Å²) in [5.41, 5.74) is 0.763. The summed E-state index contributed by atoms with van der Waals surface area (Å²) in [4.78, 5) is 21.8. The van der Waals surface area contributed by atoms with E-state index < -0.39 is 0 Å². The second-order valence-corrected chi connectivity index (χ2v) is 8.06. The van der Waals surface area contributed by atoms with Gasteiger partial charge in [-0.3, -0.25) is 9.69 Å². The zero-order chi connectivity index (χ0) is 21.5. The van der Waals surface area contributed by atoms with Crippen LogP contribution in [-0.2, 0) is 4.79 Å². The number of carbonyl (C=O) groups is 1. The first-order chi connectivity index (χ1) is 14.5. The van der Waals surface area contributed by atoms with E-state index >= 15 is 0 Å². The van der Waals surface area contributed by atoms with Crippen LogP contribution in [-0.4, -0.2) is 55.7 Å². The number of anilines is 1. The number of benzene rings is 2. The number of carbonyl (C=O) groups excluding carboxylic acids is 1. The van der Waals surface area contributed by atoms with Crippen LogP contribution < -0.4 is 14.4 Å². The molecule has 0 radical (unpaired) electrons. The molecule has 9 heteroatoms. The summed E-state index contributed by atoms with van der Waals surface area (Å²) in [6.45, 7) is 7.29. The molecule has 0 aliphatic heterocycles. The number of amides is 1. The highest BCUT2D eigenvalue weighted by atomic mass is 35.5. The van der Waals surface area contributed by atoms with Gasteiger partial charge >= 0.3 is 0 Å². The minimum absolute atomic E-state index is 0. The molecule has 3 aromatic rings. The maximum Gasteiger partial charge on any atom is 0.266 e. The molecule has 3 rings (SSSR count). The van der Waals surface area contributed by atoms with Gasteiger partial charge in [0.1, 0.15) is 17.0 Å². The predicted octanol–water partition coefficient (Wildman–Crippen LogP) is 5.13. The molecule has 31 heavy (non-hydrogen) atoms. The first kappa shape index (κ1) is 25.2. The monoisotopic (exact) mass is 483 g/mol. The van der Waals surface area contributed by atoms with Crippen molar-refractivity contribution >= 4 is 56.6 Å². The van der Waals surface area contributed by atoms with E-state index in [2.05, 4.69) is 18.7 Å². The molecule has 0 N–H and O–H groups in total. The van der Waals surface area contributed by atoms with Crippen molar-refractivity contribution in [2.24, 2.45) is 0 Å². The number of fused-ring (bicyclic) bond motifs is 1. The molecule has 0 saturated carbocycles. The van der Waals surface area contributed by atoms with E-state index in [-0.39, 0.29) is 24.9 Å². The lowest BCUT2D eigenvalue weighted by Crippen LogP contribution is -2.41. The van der Waals surface area contributed by atoms with E-state index in [1.165, 1.54) is 11.3 Å². The minimum Gasteiger partial charge on any atom is -0.494 e. The topological polar surface area (TPSA) is 54.9 Å². The van der Waals surface area contributed by atoms with Crippen molar-refractivity contribution in [2.45, 2.75) is 13.8 Å². The minimum atomic E-state index is -0.143. The third-order valence-corrected chi connectivity index (χ3v) is 6.13. The standard InChI is InChI=1S/C22H26ClN3O3S.ClH/c1-4-25(5-2)13-14-26(20(27)15-29-17-11-9-16(23)10-12-17)22-24-21-18(28-3)7-6-8-19(21)30-22;/h6-12H,4-5,13-15H2,1-3H3;1H. The molecule has 0 spiro atoms. The van der Waals surface area contributed by atoms with E-state index in [1.54, 1.807) is 36.3 Å². The zero-order valence-electron chi connectivity index (χ0n) is 17.8. The van der Waals surface area contributed by atoms with Gasteiger partial charge in [-0.1, -0.05) is 42.9 Å². The van der Waals surface area contributed by atoms with Crippen LogP contribution in [0.1, 0.15) is 13.8 Å². The molecule has 1 heterocycles. The molecule has 2 aromatic carbocycles. The van der Waals surface area contributed by atoms with Crippen LogP contribution in [0.25, 0.3) is 10.2 Å². The number of methoxy groups -OCH3 is 1. The van der Waals surface area contributed by atoms with Crippen molar-refractivity contribution in [2.75, 3.05) is 44.8 Å². The number of ether oxygens (including phenoxy) is 2. The molecule has 0 atom stereocenters. The fraction of sp³-hybridized carbons (Fsp3) is 0.364. The lowest BCUT2D eigenvalue weighted by Gasteiger charge is -2.24. The Morgan fingerprint density at radius 2 is 1.81 bits per heavy atom. The Hall–Kier alpha value is -2.06. The molecule has 168 valence electrons. The highest BCUT2D eigenvalue weighted by molar-refractivity contribution is 7.22. The van der Waals surface area contributed by atoms with Gasteiger partial charge in [-0.15, -0.1) is 12.4 Å². The average molecular weight is 484 g/mol. The number of para-hydroxylation sites is 1. The van der Waals surface area contributed by atoms with Gasteiger partial charge in [0.05, 0.1) is 11.8 Å². The van der Waals surface area contributed by atoms with Gasteiger partial charge in [-0.05, 0) is 49.5 Å².